The number of nitrogens with zero attached hydrogens (tertiary/aromatic N) is 4. The lowest BCUT2D eigenvalue weighted by Crippen LogP contribution is -2.15. The largest absolute Gasteiger partial charge is 0.351 e. The van der Waals surface area contributed by atoms with Crippen LogP contribution >= 0.6 is 0 Å². The molecule has 1 atom stereocenters. The van der Waals surface area contributed by atoms with Crippen LogP contribution in [-0.4, -0.2) is 31.5 Å². The topological polar surface area (TPSA) is 96.2 Å². The molecular formula is C22H23N7O. The van der Waals surface area contributed by atoms with Crippen LogP contribution < -0.4 is 16.0 Å². The highest BCUT2D eigenvalue weighted by Crippen LogP contribution is 2.28. The van der Waals surface area contributed by atoms with Gasteiger partial charge in [0.2, 0.25) is 17.8 Å². The minimum Gasteiger partial charge on any atom is -0.351 e. The van der Waals surface area contributed by atoms with E-state index in [2.05, 4.69) is 51.7 Å². The van der Waals surface area contributed by atoms with Gasteiger partial charge < -0.3 is 16.0 Å². The smallest absolute Gasteiger partial charge is 0.229 e. The Morgan fingerprint density at radius 2 is 2.07 bits per heavy atom. The number of allylic oxidation sites excluding steroid dienone is 1. The summed E-state index contributed by atoms with van der Waals surface area (Å²) in [6.07, 6.45) is 6.22. The zero-order valence-corrected chi connectivity index (χ0v) is 16.7. The molecule has 1 saturated carbocycles. The lowest BCUT2D eigenvalue weighted by molar-refractivity contribution is -0.118. The molecule has 1 aliphatic heterocycles. The second-order valence-corrected chi connectivity index (χ2v) is 7.77. The number of hydrogen-bond acceptors (Lipinski definition) is 6. The molecule has 152 valence electrons. The number of anilines is 2. The lowest BCUT2D eigenvalue weighted by Gasteiger charge is -2.15. The number of nitrogens with one attached hydrogen (secondary N) is 3. The number of benzene rings is 1. The van der Waals surface area contributed by atoms with Crippen molar-refractivity contribution < 1.29 is 4.79 Å². The predicted octanol–water partition coefficient (Wildman–Crippen LogP) is 3.29. The first-order chi connectivity index (χ1) is 14.6. The molecule has 0 radical (unpaired) electrons. The van der Waals surface area contributed by atoms with Crippen molar-refractivity contribution in [2.24, 2.45) is 0 Å². The summed E-state index contributed by atoms with van der Waals surface area (Å²) in [6, 6.07) is 10.6. The lowest BCUT2D eigenvalue weighted by atomic mass is 10.1. The van der Waals surface area contributed by atoms with Gasteiger partial charge in [-0.3, -0.25) is 4.79 Å². The van der Waals surface area contributed by atoms with E-state index in [0.717, 1.165) is 29.5 Å². The molecule has 8 nitrogen and oxygen atoms in total. The molecule has 0 unspecified atom stereocenters. The summed E-state index contributed by atoms with van der Waals surface area (Å²) in [5.74, 6) is 1.14. The Morgan fingerprint density at radius 3 is 2.77 bits per heavy atom. The van der Waals surface area contributed by atoms with Crippen LogP contribution in [0.2, 0.25) is 0 Å². The number of fused-ring (bicyclic) bond motifs is 1. The van der Waals surface area contributed by atoms with Gasteiger partial charge in [0.25, 0.3) is 0 Å². The number of rotatable bonds is 6. The Balaban J connectivity index is 1.53. The molecule has 2 aromatic heterocycles. The second kappa shape index (κ2) is 7.29. The summed E-state index contributed by atoms with van der Waals surface area (Å²) in [5.41, 5.74) is 4.12. The number of hydrogen-bond donors (Lipinski definition) is 3. The number of carbonyl (C=O) groups excluding carboxylic acids is 1. The van der Waals surface area contributed by atoms with Crippen LogP contribution in [0.1, 0.15) is 43.4 Å². The fraction of sp³-hybridized carbons (Fsp3) is 0.273. The zero-order valence-electron chi connectivity index (χ0n) is 16.7. The van der Waals surface area contributed by atoms with Gasteiger partial charge in [0, 0.05) is 17.3 Å². The summed E-state index contributed by atoms with van der Waals surface area (Å²) >= 11 is 0. The monoisotopic (exact) mass is 401 g/mol. The molecule has 3 N–H and O–H groups in total. The number of aromatic nitrogens is 4. The van der Waals surface area contributed by atoms with Crippen molar-refractivity contribution in [2.75, 3.05) is 10.6 Å². The standard InChI is InChI=1S/C22H23N7O/c1-13(15-6-4-3-5-7-15)25-21-27-20-17(10-16-11-19(30)24-14(16)2)12-23-29(20)22(28-21)26-18-8-9-18/h3-7,10,12-13,18H,2,8-9,11H2,1H3,(H,24,30)(H2,25,26,27,28)/b16-10+/t13-/m0/s1. The van der Waals surface area contributed by atoms with Gasteiger partial charge in [-0.15, -0.1) is 0 Å². The summed E-state index contributed by atoms with van der Waals surface area (Å²) in [5, 5.41) is 14.1. The maximum Gasteiger partial charge on any atom is 0.229 e. The van der Waals surface area contributed by atoms with Gasteiger partial charge in [-0.2, -0.15) is 19.6 Å². The molecule has 30 heavy (non-hydrogen) atoms. The third-order valence-electron chi connectivity index (χ3n) is 5.31. The van der Waals surface area contributed by atoms with E-state index in [-0.39, 0.29) is 11.9 Å². The molecule has 0 spiro atoms. The minimum absolute atomic E-state index is 0.0450. The van der Waals surface area contributed by atoms with Gasteiger partial charge in [0.15, 0.2) is 5.65 Å². The summed E-state index contributed by atoms with van der Waals surface area (Å²) in [7, 11) is 0. The van der Waals surface area contributed by atoms with E-state index < -0.39 is 0 Å². The summed E-state index contributed by atoms with van der Waals surface area (Å²) in [6.45, 7) is 6.00. The first kappa shape index (κ1) is 18.4. The van der Waals surface area contributed by atoms with Crippen molar-refractivity contribution in [1.29, 1.82) is 0 Å². The van der Waals surface area contributed by atoms with Crippen molar-refractivity contribution in [2.45, 2.75) is 38.3 Å². The molecule has 2 fully saturated rings. The molecule has 8 heteroatoms. The van der Waals surface area contributed by atoms with Gasteiger partial charge in [-0.25, -0.2) is 0 Å². The Kier molecular flexibility index (Phi) is 4.46. The third-order valence-corrected chi connectivity index (χ3v) is 5.31. The van der Waals surface area contributed by atoms with Crippen LogP contribution in [0, 0.1) is 0 Å². The van der Waals surface area contributed by atoms with E-state index in [9.17, 15) is 4.79 Å². The van der Waals surface area contributed by atoms with Crippen LogP contribution in [0.5, 0.6) is 0 Å². The van der Waals surface area contributed by atoms with E-state index in [0.29, 0.717) is 35.7 Å². The quantitative estimate of drug-likeness (QED) is 0.587. The molecule has 1 amide bonds. The highest BCUT2D eigenvalue weighted by molar-refractivity contribution is 5.89. The van der Waals surface area contributed by atoms with Gasteiger partial charge in [0.05, 0.1) is 18.7 Å². The molecule has 1 aliphatic carbocycles. The minimum atomic E-state index is -0.0486. The maximum atomic E-state index is 11.7. The Hall–Kier alpha value is -3.68. The molecular weight excluding hydrogens is 378 g/mol. The van der Waals surface area contributed by atoms with Crippen LogP contribution in [-0.2, 0) is 4.79 Å². The molecule has 1 saturated heterocycles. The molecule has 0 bridgehead atoms. The average molecular weight is 401 g/mol. The van der Waals surface area contributed by atoms with Crippen molar-refractivity contribution in [1.82, 2.24) is 24.9 Å². The van der Waals surface area contributed by atoms with E-state index in [1.165, 1.54) is 0 Å². The SMILES string of the molecule is C=C1NC(=O)C/C1=C\c1cnn2c(NC3CC3)nc(N[C@@H](C)c3ccccc3)nc12. The number of amides is 1. The zero-order chi connectivity index (χ0) is 20.7. The van der Waals surface area contributed by atoms with Crippen LogP contribution in [0.25, 0.3) is 11.7 Å². The molecule has 1 aromatic carbocycles. The summed E-state index contributed by atoms with van der Waals surface area (Å²) in [4.78, 5) is 21.1. The molecule has 2 aliphatic rings. The highest BCUT2D eigenvalue weighted by atomic mass is 16.1. The molecule has 3 heterocycles. The Morgan fingerprint density at radius 1 is 1.27 bits per heavy atom. The van der Waals surface area contributed by atoms with E-state index in [1.807, 2.05) is 24.3 Å². The van der Waals surface area contributed by atoms with E-state index in [1.54, 1.807) is 10.7 Å². The average Bonchev–Trinajstić information content (AvgIpc) is 3.37. The van der Waals surface area contributed by atoms with Crippen molar-refractivity contribution in [3.05, 3.63) is 65.5 Å². The highest BCUT2D eigenvalue weighted by Gasteiger charge is 2.25. The Labute approximate surface area is 174 Å². The van der Waals surface area contributed by atoms with Gasteiger partial charge >= 0.3 is 0 Å². The van der Waals surface area contributed by atoms with Crippen LogP contribution in [0.3, 0.4) is 0 Å². The van der Waals surface area contributed by atoms with Gasteiger partial charge in [0.1, 0.15) is 0 Å². The van der Waals surface area contributed by atoms with Crippen molar-refractivity contribution >= 4 is 29.5 Å². The van der Waals surface area contributed by atoms with Gasteiger partial charge in [-0.05, 0) is 37.0 Å². The maximum absolute atomic E-state index is 11.7. The van der Waals surface area contributed by atoms with Crippen molar-refractivity contribution in [3.63, 3.8) is 0 Å². The summed E-state index contributed by atoms with van der Waals surface area (Å²) < 4.78 is 1.72. The first-order valence-corrected chi connectivity index (χ1v) is 10.1. The normalized spacial score (nSPS) is 18.6. The van der Waals surface area contributed by atoms with Crippen molar-refractivity contribution in [3.8, 4) is 0 Å². The fourth-order valence-corrected chi connectivity index (χ4v) is 3.48. The van der Waals surface area contributed by atoms with E-state index >= 15 is 0 Å². The third kappa shape index (κ3) is 3.63. The first-order valence-electron chi connectivity index (χ1n) is 10.1. The number of carbonyl (C=O) groups is 1. The second-order valence-electron chi connectivity index (χ2n) is 7.77. The van der Waals surface area contributed by atoms with Gasteiger partial charge in [-0.1, -0.05) is 36.9 Å². The molecule has 5 rings (SSSR count). The predicted molar refractivity (Wildman–Crippen MR) is 116 cm³/mol. The van der Waals surface area contributed by atoms with E-state index in [4.69, 9.17) is 4.98 Å². The van der Waals surface area contributed by atoms with Crippen LogP contribution in [0.4, 0.5) is 11.9 Å². The Bertz CT molecular complexity index is 1160. The van der Waals surface area contributed by atoms with Crippen LogP contribution in [0.15, 0.2) is 54.4 Å². The fourth-order valence-electron chi connectivity index (χ4n) is 3.48. The molecule has 3 aromatic rings.